The van der Waals surface area contributed by atoms with Crippen molar-refractivity contribution in [2.24, 2.45) is 11.3 Å². The molecule has 74 valence electrons. The molecule has 0 aromatic heterocycles. The lowest BCUT2D eigenvalue weighted by atomic mass is 9.78. The van der Waals surface area contributed by atoms with E-state index in [4.69, 9.17) is 14.2 Å². The van der Waals surface area contributed by atoms with Crippen LogP contribution in [0.2, 0.25) is 0 Å². The van der Waals surface area contributed by atoms with Gasteiger partial charge in [-0.15, -0.1) is 0 Å². The second-order valence-corrected chi connectivity index (χ2v) is 4.19. The maximum absolute atomic E-state index is 5.52. The average Bonchev–Trinajstić information content (AvgIpc) is 2.20. The van der Waals surface area contributed by atoms with E-state index in [2.05, 4.69) is 20.4 Å². The Hall–Kier alpha value is -0.380. The lowest BCUT2D eigenvalue weighted by Crippen LogP contribution is -2.60. The molecule has 0 unspecified atom stereocenters. The van der Waals surface area contributed by atoms with Crippen LogP contribution in [0.5, 0.6) is 0 Å². The van der Waals surface area contributed by atoms with Gasteiger partial charge in [0.1, 0.15) is 0 Å². The SMILES string of the molecule is C=CC12OCC(C(C)C)(CO1)CO2. The minimum absolute atomic E-state index is 0.0464. The van der Waals surface area contributed by atoms with Crippen molar-refractivity contribution in [2.75, 3.05) is 19.8 Å². The highest BCUT2D eigenvalue weighted by Crippen LogP contribution is 2.43. The van der Waals surface area contributed by atoms with Gasteiger partial charge in [-0.25, -0.2) is 0 Å². The molecule has 3 heterocycles. The fourth-order valence-electron chi connectivity index (χ4n) is 1.66. The van der Waals surface area contributed by atoms with Crippen LogP contribution in [0.4, 0.5) is 0 Å². The Morgan fingerprint density at radius 3 is 1.92 bits per heavy atom. The third kappa shape index (κ3) is 1.23. The van der Waals surface area contributed by atoms with Crippen molar-refractivity contribution in [3.63, 3.8) is 0 Å². The molecule has 3 saturated heterocycles. The molecule has 2 bridgehead atoms. The highest BCUT2D eigenvalue weighted by Gasteiger charge is 2.52. The normalized spacial score (nSPS) is 43.9. The topological polar surface area (TPSA) is 27.7 Å². The summed E-state index contributed by atoms with van der Waals surface area (Å²) in [6.07, 6.45) is 1.58. The van der Waals surface area contributed by atoms with E-state index < -0.39 is 5.97 Å². The minimum Gasteiger partial charge on any atom is -0.323 e. The van der Waals surface area contributed by atoms with Crippen LogP contribution in [0.1, 0.15) is 13.8 Å². The zero-order chi connectivity index (χ0) is 9.53. The van der Waals surface area contributed by atoms with Gasteiger partial charge in [-0.3, -0.25) is 0 Å². The maximum atomic E-state index is 5.52. The molecule has 0 N–H and O–H groups in total. The molecule has 3 heteroatoms. The van der Waals surface area contributed by atoms with E-state index in [0.717, 1.165) is 0 Å². The minimum atomic E-state index is -0.948. The number of fused-ring (bicyclic) bond motifs is 3. The van der Waals surface area contributed by atoms with Crippen molar-refractivity contribution >= 4 is 0 Å². The maximum Gasteiger partial charge on any atom is 0.304 e. The van der Waals surface area contributed by atoms with E-state index in [-0.39, 0.29) is 5.41 Å². The van der Waals surface area contributed by atoms with Crippen molar-refractivity contribution < 1.29 is 14.2 Å². The largest absolute Gasteiger partial charge is 0.323 e. The molecule has 0 aromatic rings. The quantitative estimate of drug-likeness (QED) is 0.609. The summed E-state index contributed by atoms with van der Waals surface area (Å²) in [5, 5.41) is 0. The summed E-state index contributed by atoms with van der Waals surface area (Å²) < 4.78 is 16.5. The zero-order valence-corrected chi connectivity index (χ0v) is 8.21. The molecule has 3 aliphatic heterocycles. The summed E-state index contributed by atoms with van der Waals surface area (Å²) in [5.41, 5.74) is 0.0464. The lowest BCUT2D eigenvalue weighted by Gasteiger charge is -2.52. The molecule has 0 saturated carbocycles. The van der Waals surface area contributed by atoms with Gasteiger partial charge in [0.05, 0.1) is 19.8 Å². The van der Waals surface area contributed by atoms with Gasteiger partial charge < -0.3 is 14.2 Å². The molecule has 0 aromatic carbocycles. The van der Waals surface area contributed by atoms with Crippen LogP contribution in [-0.4, -0.2) is 25.8 Å². The molecule has 0 radical (unpaired) electrons. The predicted molar refractivity (Wildman–Crippen MR) is 48.1 cm³/mol. The Morgan fingerprint density at radius 2 is 1.62 bits per heavy atom. The van der Waals surface area contributed by atoms with Crippen molar-refractivity contribution in [1.82, 2.24) is 0 Å². The average molecular weight is 184 g/mol. The van der Waals surface area contributed by atoms with Crippen LogP contribution in [0.25, 0.3) is 0 Å². The van der Waals surface area contributed by atoms with E-state index in [1.165, 1.54) is 0 Å². The van der Waals surface area contributed by atoms with Crippen LogP contribution < -0.4 is 0 Å². The summed E-state index contributed by atoms with van der Waals surface area (Å²) in [6, 6.07) is 0. The smallest absolute Gasteiger partial charge is 0.304 e. The fraction of sp³-hybridized carbons (Fsp3) is 0.800. The molecule has 0 amide bonds. The molecule has 13 heavy (non-hydrogen) atoms. The van der Waals surface area contributed by atoms with E-state index in [9.17, 15) is 0 Å². The van der Waals surface area contributed by atoms with E-state index in [0.29, 0.717) is 25.7 Å². The molecular weight excluding hydrogens is 168 g/mol. The third-order valence-corrected chi connectivity index (χ3v) is 3.16. The van der Waals surface area contributed by atoms with Crippen LogP contribution >= 0.6 is 0 Å². The molecule has 0 aliphatic carbocycles. The van der Waals surface area contributed by atoms with Gasteiger partial charge in [-0.1, -0.05) is 20.4 Å². The van der Waals surface area contributed by atoms with Crippen LogP contribution in [0, 0.1) is 11.3 Å². The number of hydrogen-bond donors (Lipinski definition) is 0. The molecule has 3 fully saturated rings. The first kappa shape index (κ1) is 9.19. The molecular formula is C10H16O3. The van der Waals surface area contributed by atoms with E-state index in [1.807, 2.05) is 0 Å². The lowest BCUT2D eigenvalue weighted by molar-refractivity contribution is -0.449. The van der Waals surface area contributed by atoms with Gasteiger partial charge >= 0.3 is 5.97 Å². The van der Waals surface area contributed by atoms with Gasteiger partial charge in [0.15, 0.2) is 0 Å². The monoisotopic (exact) mass is 184 g/mol. The Morgan fingerprint density at radius 1 is 1.15 bits per heavy atom. The number of rotatable bonds is 2. The number of ether oxygens (including phenoxy) is 3. The van der Waals surface area contributed by atoms with Gasteiger partial charge in [-0.2, -0.15) is 0 Å². The fourth-order valence-corrected chi connectivity index (χ4v) is 1.66. The summed E-state index contributed by atoms with van der Waals surface area (Å²) in [4.78, 5) is 0. The zero-order valence-electron chi connectivity index (χ0n) is 8.21. The van der Waals surface area contributed by atoms with Gasteiger partial charge in [0.2, 0.25) is 0 Å². The summed E-state index contributed by atoms with van der Waals surface area (Å²) in [6.45, 7) is 10.1. The van der Waals surface area contributed by atoms with Crippen molar-refractivity contribution in [2.45, 2.75) is 19.8 Å². The number of hydrogen-bond acceptors (Lipinski definition) is 3. The second kappa shape index (κ2) is 2.80. The molecule has 0 spiro atoms. The first-order chi connectivity index (χ1) is 6.13. The van der Waals surface area contributed by atoms with E-state index in [1.54, 1.807) is 6.08 Å². The van der Waals surface area contributed by atoms with Crippen LogP contribution in [-0.2, 0) is 14.2 Å². The van der Waals surface area contributed by atoms with Crippen molar-refractivity contribution in [3.8, 4) is 0 Å². The van der Waals surface area contributed by atoms with Gasteiger partial charge in [0, 0.05) is 5.41 Å². The van der Waals surface area contributed by atoms with Crippen molar-refractivity contribution in [1.29, 1.82) is 0 Å². The molecule has 3 aliphatic rings. The third-order valence-electron chi connectivity index (χ3n) is 3.16. The Balaban J connectivity index is 2.15. The Bertz CT molecular complexity index is 198. The predicted octanol–water partition coefficient (Wildman–Crippen LogP) is 1.55. The summed E-state index contributed by atoms with van der Waals surface area (Å²) in [5.74, 6) is -0.438. The summed E-state index contributed by atoms with van der Waals surface area (Å²) >= 11 is 0. The van der Waals surface area contributed by atoms with Gasteiger partial charge in [0.25, 0.3) is 0 Å². The second-order valence-electron chi connectivity index (χ2n) is 4.19. The summed E-state index contributed by atoms with van der Waals surface area (Å²) in [7, 11) is 0. The van der Waals surface area contributed by atoms with Crippen LogP contribution in [0.3, 0.4) is 0 Å². The highest BCUT2D eigenvalue weighted by atomic mass is 16.9. The first-order valence-electron chi connectivity index (χ1n) is 4.68. The van der Waals surface area contributed by atoms with Crippen molar-refractivity contribution in [3.05, 3.63) is 12.7 Å². The highest BCUT2D eigenvalue weighted by molar-refractivity contribution is 4.96. The first-order valence-corrected chi connectivity index (χ1v) is 4.68. The van der Waals surface area contributed by atoms with Crippen LogP contribution in [0.15, 0.2) is 12.7 Å². The molecule has 3 rings (SSSR count). The molecule has 3 nitrogen and oxygen atoms in total. The van der Waals surface area contributed by atoms with Gasteiger partial charge in [-0.05, 0) is 12.0 Å². The Kier molecular flexibility index (Phi) is 1.98. The molecule has 0 atom stereocenters. The standard InChI is InChI=1S/C10H16O3/c1-4-10-11-5-9(6-12-10,7-13-10)8(2)3/h4,8H,1,5-7H2,2-3H3. The van der Waals surface area contributed by atoms with E-state index >= 15 is 0 Å². The Labute approximate surface area is 78.7 Å².